The zero-order valence-corrected chi connectivity index (χ0v) is 32.7. The molecule has 0 radical (unpaired) electrons. The fourth-order valence-corrected chi connectivity index (χ4v) is 5.54. The number of amidine groups is 1. The second kappa shape index (κ2) is 17.7. The van der Waals surface area contributed by atoms with Crippen molar-refractivity contribution in [3.63, 3.8) is 0 Å². The summed E-state index contributed by atoms with van der Waals surface area (Å²) in [5, 5.41) is 12.0. The number of benzene rings is 2. The van der Waals surface area contributed by atoms with Crippen LogP contribution in [0.4, 0.5) is 13.2 Å². The molecule has 17 heteroatoms. The van der Waals surface area contributed by atoms with Crippen molar-refractivity contribution in [3.05, 3.63) is 115 Å². The van der Waals surface area contributed by atoms with Crippen molar-refractivity contribution >= 4 is 23.7 Å². The molecule has 57 heavy (non-hydrogen) atoms. The molecule has 0 saturated heterocycles. The van der Waals surface area contributed by atoms with E-state index < -0.39 is 46.7 Å². The third kappa shape index (κ3) is 9.77. The molecule has 5 rings (SSSR count). The summed E-state index contributed by atoms with van der Waals surface area (Å²) in [5.41, 5.74) is -1.61. The number of alkyl halides is 3. The van der Waals surface area contributed by atoms with Gasteiger partial charge in [0.25, 0.3) is 11.5 Å². The van der Waals surface area contributed by atoms with Gasteiger partial charge in [0.15, 0.2) is 11.9 Å². The summed E-state index contributed by atoms with van der Waals surface area (Å²) in [6, 6.07) is 13.2. The van der Waals surface area contributed by atoms with Crippen molar-refractivity contribution < 1.29 is 46.9 Å². The minimum atomic E-state index is -4.84. The Morgan fingerprint density at radius 3 is 2.16 bits per heavy atom. The fraction of sp³-hybridized carbons (Fsp3) is 0.375. The molecule has 1 amide bonds. The Morgan fingerprint density at radius 1 is 0.965 bits per heavy atom. The second-order valence-electron chi connectivity index (χ2n) is 13.5. The summed E-state index contributed by atoms with van der Waals surface area (Å²) in [7, 11) is 2.22. The minimum absolute atomic E-state index is 0.00167. The highest BCUT2D eigenvalue weighted by Gasteiger charge is 2.43. The number of halogens is 3. The predicted molar refractivity (Wildman–Crippen MR) is 203 cm³/mol. The Bertz CT molecular complexity index is 2300. The van der Waals surface area contributed by atoms with E-state index >= 15 is 0 Å². The summed E-state index contributed by atoms with van der Waals surface area (Å²) in [6.07, 6.45) is -2.60. The van der Waals surface area contributed by atoms with Crippen molar-refractivity contribution in [2.75, 3.05) is 7.11 Å². The van der Waals surface area contributed by atoms with E-state index in [1.165, 1.54) is 31.4 Å². The van der Waals surface area contributed by atoms with Crippen LogP contribution in [0.5, 0.6) is 11.5 Å². The van der Waals surface area contributed by atoms with Gasteiger partial charge >= 0.3 is 23.8 Å². The molecule has 0 spiro atoms. The first-order valence-electron chi connectivity index (χ1n) is 17.9. The van der Waals surface area contributed by atoms with Gasteiger partial charge in [0, 0.05) is 24.9 Å². The molecule has 2 unspecified atom stereocenters. The molecule has 0 bridgehead atoms. The van der Waals surface area contributed by atoms with Gasteiger partial charge in [0.05, 0.1) is 18.4 Å². The maximum Gasteiger partial charge on any atom is 0.431 e. The molecule has 2 N–H and O–H groups in total. The van der Waals surface area contributed by atoms with Gasteiger partial charge in [-0.1, -0.05) is 39.8 Å². The first-order valence-corrected chi connectivity index (χ1v) is 17.9. The van der Waals surface area contributed by atoms with Crippen molar-refractivity contribution in [1.82, 2.24) is 19.4 Å². The molecular formula is C40H44F3N5O9. The average molecular weight is 796 g/mol. The lowest BCUT2D eigenvalue weighted by Crippen LogP contribution is -2.41. The number of aromatic carboxylic acids is 1. The topological polar surface area (TPSA) is 180 Å². The lowest BCUT2D eigenvalue weighted by Gasteiger charge is -2.21. The number of ether oxygens (including phenoxy) is 3. The number of pyridine rings is 1. The maximum atomic E-state index is 13.1. The highest BCUT2D eigenvalue weighted by Crippen LogP contribution is 2.29. The smallest absolute Gasteiger partial charge is 0.431 e. The number of carbonyl (C=O) groups excluding carboxylic acids is 2. The van der Waals surface area contributed by atoms with Crippen LogP contribution in [0.25, 0.3) is 5.69 Å². The number of aromatic nitrogens is 3. The average Bonchev–Trinajstić information content (AvgIpc) is 3.49. The third-order valence-corrected chi connectivity index (χ3v) is 9.44. The van der Waals surface area contributed by atoms with Crippen LogP contribution in [0.1, 0.15) is 80.0 Å². The van der Waals surface area contributed by atoms with Gasteiger partial charge < -0.3 is 24.6 Å². The summed E-state index contributed by atoms with van der Waals surface area (Å²) in [5.74, 6) is -0.766. The number of carboxylic acids is 1. The van der Waals surface area contributed by atoms with Crippen LogP contribution < -0.4 is 26.0 Å². The molecule has 304 valence electrons. The lowest BCUT2D eigenvalue weighted by atomic mass is 9.89. The number of carboxylic acid groups (broad SMARTS) is 1. The summed E-state index contributed by atoms with van der Waals surface area (Å²) < 4.78 is 56.5. The highest BCUT2D eigenvalue weighted by molar-refractivity contribution is 6.17. The standard InChI is InChI=1S/C25H25F3N2O6.C15H19N3O3/c1-5-16-6-7-17(20(12-16)36-15(2)23(32)34-4)14-35-19-10-8-18(9-11-19)30-22(31)13-21(25(26,27)28)29(3)24(30)33;1-5-9-6-10(13(19)20)11(16-7-9)12-17-14(21)15(4,18-12)8(2)3/h6-13,15H,5,14H2,1-4H3;6-8H,5H2,1-4H3,(H,19,20)(H,17,18,21). The largest absolute Gasteiger partial charge is 0.489 e. The molecule has 14 nitrogen and oxygen atoms in total. The number of rotatable bonds is 12. The summed E-state index contributed by atoms with van der Waals surface area (Å²) >= 11 is 0. The second-order valence-corrected chi connectivity index (χ2v) is 13.5. The number of aryl methyl sites for hydroxylation is 2. The molecule has 2 atom stereocenters. The van der Waals surface area contributed by atoms with E-state index in [2.05, 4.69) is 15.3 Å². The van der Waals surface area contributed by atoms with Crippen molar-refractivity contribution in [3.8, 4) is 17.2 Å². The zero-order valence-electron chi connectivity index (χ0n) is 32.7. The highest BCUT2D eigenvalue weighted by atomic mass is 19.4. The Kier molecular flexibility index (Phi) is 13.5. The number of amides is 1. The van der Waals surface area contributed by atoms with E-state index in [1.807, 2.05) is 45.9 Å². The lowest BCUT2D eigenvalue weighted by molar-refractivity contribution is -0.148. The van der Waals surface area contributed by atoms with Crippen LogP contribution in [0, 0.1) is 5.92 Å². The van der Waals surface area contributed by atoms with Crippen LogP contribution in [0.3, 0.4) is 0 Å². The number of methoxy groups -OCH3 is 1. The van der Waals surface area contributed by atoms with Gasteiger partial charge in [-0.25, -0.2) is 23.9 Å². The van der Waals surface area contributed by atoms with Gasteiger partial charge in [-0.3, -0.25) is 19.1 Å². The van der Waals surface area contributed by atoms with Crippen molar-refractivity contribution in [1.29, 1.82) is 0 Å². The van der Waals surface area contributed by atoms with Crippen LogP contribution in [-0.2, 0) is 47.0 Å². The first kappa shape index (κ1) is 43.5. The Hall–Kier alpha value is -6.26. The molecule has 0 aliphatic carbocycles. The fourth-order valence-electron chi connectivity index (χ4n) is 5.54. The zero-order chi connectivity index (χ0) is 42.4. The van der Waals surface area contributed by atoms with Crippen LogP contribution in [0.2, 0.25) is 0 Å². The molecule has 0 fully saturated rings. The first-order chi connectivity index (χ1) is 26.7. The predicted octanol–water partition coefficient (Wildman–Crippen LogP) is 5.27. The SMILES string of the molecule is CCc1ccc(COc2ccc(-n3c(=O)cc(C(F)(F)F)n(C)c3=O)cc2)c(OC(C)C(=O)OC)c1.CCc1cnc(C2=NC(C)(C(C)C)C(=O)N2)c(C(=O)O)c1. The molecular weight excluding hydrogens is 751 g/mol. The van der Waals surface area contributed by atoms with E-state index in [9.17, 15) is 42.3 Å². The summed E-state index contributed by atoms with van der Waals surface area (Å²) in [6.45, 7) is 11.1. The Labute approximate surface area is 325 Å². The number of nitrogens with zero attached hydrogens (tertiary/aromatic N) is 4. The number of aliphatic imine (C=N–C) groups is 1. The Balaban J connectivity index is 0.000000290. The molecule has 0 saturated carbocycles. The van der Waals surface area contributed by atoms with Crippen molar-refractivity contribution in [2.45, 2.75) is 78.8 Å². The maximum absolute atomic E-state index is 13.1. The number of esters is 1. The molecule has 1 aliphatic heterocycles. The van der Waals surface area contributed by atoms with E-state index in [4.69, 9.17) is 14.2 Å². The minimum Gasteiger partial charge on any atom is -0.489 e. The third-order valence-electron chi connectivity index (χ3n) is 9.44. The van der Waals surface area contributed by atoms with Gasteiger partial charge in [-0.15, -0.1) is 0 Å². The monoisotopic (exact) mass is 795 g/mol. The van der Waals surface area contributed by atoms with Gasteiger partial charge in [-0.05, 0) is 80.1 Å². The molecule has 2 aromatic heterocycles. The molecule has 2 aromatic carbocycles. The number of hydrogen-bond donors (Lipinski definition) is 2. The van der Waals surface area contributed by atoms with Crippen LogP contribution in [0.15, 0.2) is 75.4 Å². The quantitative estimate of drug-likeness (QED) is 0.180. The number of hydrogen-bond acceptors (Lipinski definition) is 10. The van der Waals surface area contributed by atoms with E-state index in [0.29, 0.717) is 38.7 Å². The van der Waals surface area contributed by atoms with Crippen molar-refractivity contribution in [2.24, 2.45) is 18.0 Å². The normalized spacial score (nSPS) is 15.6. The van der Waals surface area contributed by atoms with Gasteiger partial charge in [0.2, 0.25) is 0 Å². The van der Waals surface area contributed by atoms with E-state index in [0.717, 1.165) is 24.6 Å². The Morgan fingerprint density at radius 2 is 1.61 bits per heavy atom. The molecule has 4 aromatic rings. The van der Waals surface area contributed by atoms with E-state index in [-0.39, 0.29) is 41.2 Å². The van der Waals surface area contributed by atoms with E-state index in [1.54, 1.807) is 26.1 Å². The van der Waals surface area contributed by atoms with Crippen LogP contribution >= 0.6 is 0 Å². The van der Waals surface area contributed by atoms with Crippen LogP contribution in [-0.4, -0.2) is 61.7 Å². The number of carbonyl (C=O) groups is 3. The molecule has 3 heterocycles. The van der Waals surface area contributed by atoms with Gasteiger partial charge in [-0.2, -0.15) is 13.2 Å². The number of nitrogens with one attached hydrogen (secondary N) is 1. The summed E-state index contributed by atoms with van der Waals surface area (Å²) in [4.78, 5) is 68.6. The van der Waals surface area contributed by atoms with Gasteiger partial charge in [0.1, 0.15) is 35.0 Å². The molecule has 1 aliphatic rings.